The first-order valence-electron chi connectivity index (χ1n) is 8.96. The lowest BCUT2D eigenvalue weighted by molar-refractivity contribution is -0.114. The van der Waals surface area contributed by atoms with Crippen LogP contribution >= 0.6 is 27.7 Å². The van der Waals surface area contributed by atoms with Crippen LogP contribution in [0.1, 0.15) is 45.7 Å². The lowest BCUT2D eigenvalue weighted by atomic mass is 9.92. The van der Waals surface area contributed by atoms with E-state index in [0.717, 1.165) is 33.7 Å². The molecule has 0 radical (unpaired) electrons. The second-order valence-electron chi connectivity index (χ2n) is 6.25. The fourth-order valence-electron chi connectivity index (χ4n) is 3.15. The van der Waals surface area contributed by atoms with Crippen molar-refractivity contribution >= 4 is 39.4 Å². The first kappa shape index (κ1) is 19.9. The summed E-state index contributed by atoms with van der Waals surface area (Å²) in [5.41, 5.74) is 2.34. The molecule has 1 aromatic heterocycles. The van der Waals surface area contributed by atoms with Crippen molar-refractivity contribution in [3.63, 3.8) is 0 Å². The molecule has 1 aliphatic rings. The lowest BCUT2D eigenvalue weighted by Crippen LogP contribution is -2.28. The minimum absolute atomic E-state index is 0.00339. The van der Waals surface area contributed by atoms with E-state index in [1.165, 1.54) is 0 Å². The number of hydrogen-bond acceptors (Lipinski definition) is 6. The Labute approximate surface area is 171 Å². The van der Waals surface area contributed by atoms with Gasteiger partial charge in [0.25, 0.3) is 0 Å². The molecule has 3 rings (SSSR count). The summed E-state index contributed by atoms with van der Waals surface area (Å²) < 4.78 is 8.57. The molecule has 0 saturated heterocycles. The van der Waals surface area contributed by atoms with Crippen LogP contribution in [0, 0.1) is 0 Å². The number of ether oxygens (including phenoxy) is 1. The smallest absolute Gasteiger partial charge is 0.227 e. The molecule has 144 valence electrons. The summed E-state index contributed by atoms with van der Waals surface area (Å²) in [5.74, 6) is 2.32. The number of nitrogens with zero attached hydrogens (tertiary/aromatic N) is 3. The second-order valence-corrected chi connectivity index (χ2v) is 8.23. The van der Waals surface area contributed by atoms with Gasteiger partial charge in [-0.15, -0.1) is 5.10 Å². The molecular formula is C19H23BrN4O2S. The van der Waals surface area contributed by atoms with Gasteiger partial charge in [-0.25, -0.2) is 4.68 Å². The van der Waals surface area contributed by atoms with Crippen LogP contribution < -0.4 is 10.1 Å². The maximum Gasteiger partial charge on any atom is 0.227 e. The van der Waals surface area contributed by atoms with Gasteiger partial charge in [-0.1, -0.05) is 34.6 Å². The molecule has 2 aromatic rings. The number of thioether (sulfide) groups is 1. The number of carbonyl (C=O) groups is 1. The maximum absolute atomic E-state index is 12.5. The average Bonchev–Trinajstić information content (AvgIpc) is 3.02. The number of rotatable bonds is 7. The highest BCUT2D eigenvalue weighted by Crippen LogP contribution is 2.41. The largest absolute Gasteiger partial charge is 0.494 e. The molecule has 1 unspecified atom stereocenters. The summed E-state index contributed by atoms with van der Waals surface area (Å²) in [6.45, 7) is 8.10. The quantitative estimate of drug-likeness (QED) is 0.609. The third-order valence-corrected chi connectivity index (χ3v) is 5.75. The van der Waals surface area contributed by atoms with Crippen molar-refractivity contribution in [2.75, 3.05) is 17.7 Å². The molecule has 0 amide bonds. The molecule has 1 aromatic carbocycles. The molecule has 0 bridgehead atoms. The van der Waals surface area contributed by atoms with Gasteiger partial charge in [0.15, 0.2) is 5.78 Å². The van der Waals surface area contributed by atoms with E-state index in [0.29, 0.717) is 23.3 Å². The number of Topliss-reactive ketones (excluding diaryl/α,β-unsaturated/α-hetero) is 1. The standard InChI is InChI=1S/C19H23BrN4O2S/c1-5-9-27-19-22-18-21-11(3)16(12(4)25)17(24(18)23-19)14-10-13(20)7-8-15(14)26-6-2/h7-8,10,17H,5-6,9H2,1-4H3,(H,21,22,23). The number of fused-ring (bicyclic) bond motifs is 1. The van der Waals surface area contributed by atoms with Crippen LogP contribution in [-0.4, -0.2) is 32.9 Å². The van der Waals surface area contributed by atoms with E-state index in [4.69, 9.17) is 9.84 Å². The Morgan fingerprint density at radius 3 is 2.85 bits per heavy atom. The van der Waals surface area contributed by atoms with Crippen molar-refractivity contribution in [1.82, 2.24) is 14.8 Å². The molecule has 0 saturated carbocycles. The van der Waals surface area contributed by atoms with Crippen molar-refractivity contribution < 1.29 is 9.53 Å². The Kier molecular flexibility index (Phi) is 6.26. The molecular weight excluding hydrogens is 428 g/mol. The summed E-state index contributed by atoms with van der Waals surface area (Å²) in [6, 6.07) is 5.45. The Bertz CT molecular complexity index is 894. The van der Waals surface area contributed by atoms with E-state index in [1.807, 2.05) is 32.0 Å². The first-order valence-corrected chi connectivity index (χ1v) is 10.7. The zero-order valence-electron chi connectivity index (χ0n) is 15.9. The van der Waals surface area contributed by atoms with E-state index < -0.39 is 0 Å². The molecule has 8 heteroatoms. The minimum atomic E-state index is -0.388. The summed E-state index contributed by atoms with van der Waals surface area (Å²) in [7, 11) is 0. The molecule has 0 fully saturated rings. The van der Waals surface area contributed by atoms with Crippen molar-refractivity contribution in [1.29, 1.82) is 0 Å². The zero-order valence-corrected chi connectivity index (χ0v) is 18.3. The van der Waals surface area contributed by atoms with Gasteiger partial charge in [-0.05, 0) is 45.4 Å². The summed E-state index contributed by atoms with van der Waals surface area (Å²) in [6.07, 6.45) is 1.04. The number of anilines is 1. The number of nitrogens with one attached hydrogen (secondary N) is 1. The number of allylic oxidation sites excluding steroid dienone is 2. The van der Waals surface area contributed by atoms with Gasteiger partial charge >= 0.3 is 0 Å². The molecule has 27 heavy (non-hydrogen) atoms. The van der Waals surface area contributed by atoms with Crippen LogP contribution in [-0.2, 0) is 4.79 Å². The highest BCUT2D eigenvalue weighted by atomic mass is 79.9. The van der Waals surface area contributed by atoms with Gasteiger partial charge in [0.05, 0.1) is 6.61 Å². The Morgan fingerprint density at radius 1 is 1.41 bits per heavy atom. The van der Waals surface area contributed by atoms with Crippen molar-refractivity contribution in [3.8, 4) is 5.75 Å². The van der Waals surface area contributed by atoms with Crippen LogP contribution in [0.15, 0.2) is 39.1 Å². The Balaban J connectivity index is 2.18. The normalized spacial score (nSPS) is 16.1. The molecule has 2 heterocycles. The van der Waals surface area contributed by atoms with E-state index in [-0.39, 0.29) is 11.8 Å². The molecule has 1 aliphatic heterocycles. The molecule has 0 aliphatic carbocycles. The molecule has 6 nitrogen and oxygen atoms in total. The number of benzene rings is 1. The predicted octanol–water partition coefficient (Wildman–Crippen LogP) is 4.82. The number of carbonyl (C=O) groups excluding carboxylic acids is 1. The molecule has 1 N–H and O–H groups in total. The van der Waals surface area contributed by atoms with Crippen LogP contribution in [0.5, 0.6) is 5.75 Å². The van der Waals surface area contributed by atoms with Crippen molar-refractivity contribution in [2.45, 2.75) is 45.3 Å². The van der Waals surface area contributed by atoms with Crippen molar-refractivity contribution in [2.24, 2.45) is 0 Å². The monoisotopic (exact) mass is 450 g/mol. The number of halogens is 1. The van der Waals surface area contributed by atoms with E-state index in [1.54, 1.807) is 23.4 Å². The van der Waals surface area contributed by atoms with Gasteiger partial charge in [0.2, 0.25) is 11.1 Å². The van der Waals surface area contributed by atoms with Gasteiger partial charge in [-0.2, -0.15) is 4.98 Å². The maximum atomic E-state index is 12.5. The van der Waals surface area contributed by atoms with Crippen LogP contribution in [0.4, 0.5) is 5.95 Å². The van der Waals surface area contributed by atoms with Gasteiger partial charge in [-0.3, -0.25) is 4.79 Å². The van der Waals surface area contributed by atoms with Crippen LogP contribution in [0.3, 0.4) is 0 Å². The van der Waals surface area contributed by atoms with Gasteiger partial charge < -0.3 is 10.1 Å². The lowest BCUT2D eigenvalue weighted by Gasteiger charge is -2.29. The van der Waals surface area contributed by atoms with Crippen LogP contribution in [0.2, 0.25) is 0 Å². The Hall–Kier alpha value is -1.80. The van der Waals surface area contributed by atoms with E-state index >= 15 is 0 Å². The first-order chi connectivity index (χ1) is 13.0. The highest BCUT2D eigenvalue weighted by Gasteiger charge is 2.34. The fraction of sp³-hybridized carbons (Fsp3) is 0.421. The topological polar surface area (TPSA) is 69.0 Å². The van der Waals surface area contributed by atoms with Crippen LogP contribution in [0.25, 0.3) is 0 Å². The number of ketones is 1. The second kappa shape index (κ2) is 8.48. The van der Waals surface area contributed by atoms with Crippen molar-refractivity contribution in [3.05, 3.63) is 39.5 Å². The van der Waals surface area contributed by atoms with Gasteiger partial charge in [0, 0.05) is 27.1 Å². The number of aromatic nitrogens is 3. The fourth-order valence-corrected chi connectivity index (χ4v) is 4.21. The minimum Gasteiger partial charge on any atom is -0.494 e. The average molecular weight is 451 g/mol. The van der Waals surface area contributed by atoms with E-state index in [2.05, 4.69) is 33.2 Å². The van der Waals surface area contributed by atoms with Gasteiger partial charge in [0.1, 0.15) is 11.8 Å². The highest BCUT2D eigenvalue weighted by molar-refractivity contribution is 9.10. The predicted molar refractivity (Wildman–Crippen MR) is 111 cm³/mol. The Morgan fingerprint density at radius 2 is 2.19 bits per heavy atom. The van der Waals surface area contributed by atoms with E-state index in [9.17, 15) is 4.79 Å². The third-order valence-electron chi connectivity index (χ3n) is 4.21. The SMILES string of the molecule is CCCSc1nc2n(n1)C(c1cc(Br)ccc1OCC)C(C(C)=O)=C(C)N2. The molecule has 0 spiro atoms. The third kappa shape index (κ3) is 4.06. The number of hydrogen-bond donors (Lipinski definition) is 1. The zero-order chi connectivity index (χ0) is 19.6. The molecule has 1 atom stereocenters. The summed E-state index contributed by atoms with van der Waals surface area (Å²) in [5, 5.41) is 8.63. The summed E-state index contributed by atoms with van der Waals surface area (Å²) >= 11 is 5.16. The summed E-state index contributed by atoms with van der Waals surface area (Å²) in [4.78, 5) is 17.1.